The predicted octanol–water partition coefficient (Wildman–Crippen LogP) is -0.392. The van der Waals surface area contributed by atoms with Crippen molar-refractivity contribution in [2.75, 3.05) is 11.5 Å². The summed E-state index contributed by atoms with van der Waals surface area (Å²) in [5.74, 6) is -1.01. The van der Waals surface area contributed by atoms with Crippen LogP contribution in [0.3, 0.4) is 0 Å². The summed E-state index contributed by atoms with van der Waals surface area (Å²) in [7, 11) is -3.05. The molecular weight excluding hydrogens is 272 g/mol. The Balaban J connectivity index is 2.36. The van der Waals surface area contributed by atoms with Crippen LogP contribution in [0.2, 0.25) is 0 Å². The highest BCUT2D eigenvalue weighted by Gasteiger charge is 2.31. The molecule has 0 bridgehead atoms. The Labute approximate surface area is 109 Å². The molecule has 19 heavy (non-hydrogen) atoms. The minimum absolute atomic E-state index is 0.0202. The number of aryl methyl sites for hydroxylation is 1. The van der Waals surface area contributed by atoms with Crippen molar-refractivity contribution >= 4 is 15.8 Å². The minimum Gasteiger partial charge on any atom is -0.481 e. The van der Waals surface area contributed by atoms with Crippen molar-refractivity contribution < 1.29 is 18.3 Å². The fourth-order valence-corrected chi connectivity index (χ4v) is 3.94. The van der Waals surface area contributed by atoms with Crippen LogP contribution < -0.4 is 5.56 Å². The Kier molecular flexibility index (Phi) is 3.44. The second kappa shape index (κ2) is 4.76. The topological polar surface area (TPSA) is 117 Å². The monoisotopic (exact) mass is 286 g/mol. The molecule has 2 rings (SSSR count). The standard InChI is InChI=1S/C11H14N2O5S/c1-6-8(4-9(14)15)11(16)13-10(12-6)7-2-3-19(17,18)5-7/h7H,2-5H2,1H3,(H,14,15)(H,12,13,16). The molecule has 1 aliphatic rings. The normalized spacial score (nSPS) is 21.4. The van der Waals surface area contributed by atoms with Gasteiger partial charge in [0.25, 0.3) is 5.56 Å². The van der Waals surface area contributed by atoms with Gasteiger partial charge in [0.2, 0.25) is 0 Å². The lowest BCUT2D eigenvalue weighted by molar-refractivity contribution is -0.136. The summed E-state index contributed by atoms with van der Waals surface area (Å²) in [5, 5.41) is 8.71. The van der Waals surface area contributed by atoms with E-state index >= 15 is 0 Å². The van der Waals surface area contributed by atoms with Crippen molar-refractivity contribution in [3.8, 4) is 0 Å². The number of aromatic nitrogens is 2. The first-order valence-electron chi connectivity index (χ1n) is 5.80. The van der Waals surface area contributed by atoms with Gasteiger partial charge in [-0.2, -0.15) is 0 Å². The molecule has 1 aromatic heterocycles. The first-order valence-corrected chi connectivity index (χ1v) is 7.62. The van der Waals surface area contributed by atoms with Crippen LogP contribution in [0, 0.1) is 6.92 Å². The number of aliphatic carboxylic acids is 1. The summed E-state index contributed by atoms with van der Waals surface area (Å²) in [5.41, 5.74) is -0.0586. The van der Waals surface area contributed by atoms with Crippen molar-refractivity contribution in [1.82, 2.24) is 9.97 Å². The first kappa shape index (κ1) is 13.7. The van der Waals surface area contributed by atoms with E-state index in [-0.39, 0.29) is 23.0 Å². The average molecular weight is 286 g/mol. The fraction of sp³-hybridized carbons (Fsp3) is 0.545. The summed E-state index contributed by atoms with van der Waals surface area (Å²) in [6, 6.07) is 0. The summed E-state index contributed by atoms with van der Waals surface area (Å²) < 4.78 is 22.8. The molecule has 0 radical (unpaired) electrons. The molecule has 8 heteroatoms. The molecule has 0 spiro atoms. The zero-order valence-electron chi connectivity index (χ0n) is 10.3. The summed E-state index contributed by atoms with van der Waals surface area (Å²) in [4.78, 5) is 29.1. The quantitative estimate of drug-likeness (QED) is 0.781. The van der Waals surface area contributed by atoms with Gasteiger partial charge >= 0.3 is 5.97 Å². The largest absolute Gasteiger partial charge is 0.481 e. The number of aromatic amines is 1. The van der Waals surface area contributed by atoms with Crippen molar-refractivity contribution in [2.45, 2.75) is 25.7 Å². The van der Waals surface area contributed by atoms with E-state index in [0.717, 1.165) is 0 Å². The Morgan fingerprint density at radius 3 is 2.68 bits per heavy atom. The molecule has 0 saturated carbocycles. The maximum atomic E-state index is 11.8. The van der Waals surface area contributed by atoms with Crippen molar-refractivity contribution in [3.05, 3.63) is 27.4 Å². The van der Waals surface area contributed by atoms with E-state index in [0.29, 0.717) is 17.9 Å². The molecule has 0 aliphatic carbocycles. The molecule has 1 unspecified atom stereocenters. The van der Waals surface area contributed by atoms with Gasteiger partial charge in [0, 0.05) is 17.2 Å². The SMILES string of the molecule is Cc1nc(C2CCS(=O)(=O)C2)[nH]c(=O)c1CC(=O)O. The number of nitrogens with one attached hydrogen (secondary N) is 1. The number of nitrogens with zero attached hydrogens (tertiary/aromatic N) is 1. The number of H-pyrrole nitrogens is 1. The number of carboxylic acids is 1. The van der Waals surface area contributed by atoms with Crippen molar-refractivity contribution in [1.29, 1.82) is 0 Å². The van der Waals surface area contributed by atoms with Crippen LogP contribution in [0.25, 0.3) is 0 Å². The molecule has 0 amide bonds. The summed E-state index contributed by atoms with van der Waals surface area (Å²) in [6.07, 6.45) is 0.0421. The van der Waals surface area contributed by atoms with E-state index in [1.807, 2.05) is 0 Å². The Hall–Kier alpha value is -1.70. The van der Waals surface area contributed by atoms with Crippen molar-refractivity contribution in [2.24, 2.45) is 0 Å². The van der Waals surface area contributed by atoms with Gasteiger partial charge in [-0.05, 0) is 13.3 Å². The molecule has 2 N–H and O–H groups in total. The third-order valence-electron chi connectivity index (χ3n) is 3.19. The molecule has 1 saturated heterocycles. The molecule has 2 heterocycles. The first-order chi connectivity index (χ1) is 8.78. The number of carbonyl (C=O) groups is 1. The van der Waals surface area contributed by atoms with E-state index in [9.17, 15) is 18.0 Å². The van der Waals surface area contributed by atoms with Gasteiger partial charge in [-0.1, -0.05) is 0 Å². The number of sulfone groups is 1. The highest BCUT2D eigenvalue weighted by atomic mass is 32.2. The van der Waals surface area contributed by atoms with E-state index in [2.05, 4.69) is 9.97 Å². The molecule has 1 aromatic rings. The molecule has 104 valence electrons. The zero-order valence-corrected chi connectivity index (χ0v) is 11.2. The van der Waals surface area contributed by atoms with Gasteiger partial charge in [-0.3, -0.25) is 9.59 Å². The third kappa shape index (κ3) is 3.01. The number of rotatable bonds is 3. The number of carboxylic acid groups (broad SMARTS) is 1. The van der Waals surface area contributed by atoms with Crippen LogP contribution >= 0.6 is 0 Å². The van der Waals surface area contributed by atoms with Crippen LogP contribution in [0.4, 0.5) is 0 Å². The van der Waals surface area contributed by atoms with Crippen LogP contribution in [0.15, 0.2) is 4.79 Å². The van der Waals surface area contributed by atoms with E-state index in [1.54, 1.807) is 6.92 Å². The van der Waals surface area contributed by atoms with E-state index in [1.165, 1.54) is 0 Å². The van der Waals surface area contributed by atoms with E-state index in [4.69, 9.17) is 5.11 Å². The zero-order chi connectivity index (χ0) is 14.2. The van der Waals surface area contributed by atoms with Gasteiger partial charge < -0.3 is 10.1 Å². The molecule has 0 aromatic carbocycles. The Bertz CT molecular complexity index is 677. The maximum Gasteiger partial charge on any atom is 0.308 e. The lowest BCUT2D eigenvalue weighted by Crippen LogP contribution is -2.23. The van der Waals surface area contributed by atoms with Gasteiger partial charge in [-0.15, -0.1) is 0 Å². The van der Waals surface area contributed by atoms with Gasteiger partial charge in [0.1, 0.15) is 5.82 Å². The average Bonchev–Trinajstić information content (AvgIpc) is 2.63. The Morgan fingerprint density at radius 1 is 1.53 bits per heavy atom. The maximum absolute atomic E-state index is 11.8. The molecule has 1 fully saturated rings. The lowest BCUT2D eigenvalue weighted by Gasteiger charge is -2.09. The minimum atomic E-state index is -3.05. The molecular formula is C11H14N2O5S. The van der Waals surface area contributed by atoms with Crippen LogP contribution in [-0.4, -0.2) is 41.0 Å². The summed E-state index contributed by atoms with van der Waals surface area (Å²) >= 11 is 0. The summed E-state index contributed by atoms with van der Waals surface area (Å²) in [6.45, 7) is 1.56. The van der Waals surface area contributed by atoms with Gasteiger partial charge in [0.05, 0.1) is 17.9 Å². The lowest BCUT2D eigenvalue weighted by atomic mass is 10.1. The van der Waals surface area contributed by atoms with E-state index < -0.39 is 27.8 Å². The molecule has 7 nitrogen and oxygen atoms in total. The Morgan fingerprint density at radius 2 is 2.21 bits per heavy atom. The van der Waals surface area contributed by atoms with Gasteiger partial charge in [-0.25, -0.2) is 13.4 Å². The molecule has 1 atom stereocenters. The smallest absolute Gasteiger partial charge is 0.308 e. The van der Waals surface area contributed by atoms with Crippen LogP contribution in [0.5, 0.6) is 0 Å². The highest BCUT2D eigenvalue weighted by Crippen LogP contribution is 2.26. The van der Waals surface area contributed by atoms with Crippen LogP contribution in [-0.2, 0) is 21.1 Å². The second-order valence-electron chi connectivity index (χ2n) is 4.69. The molecule has 1 aliphatic heterocycles. The van der Waals surface area contributed by atoms with Crippen molar-refractivity contribution in [3.63, 3.8) is 0 Å². The third-order valence-corrected chi connectivity index (χ3v) is 4.96. The van der Waals surface area contributed by atoms with Gasteiger partial charge in [0.15, 0.2) is 9.84 Å². The number of hydrogen-bond donors (Lipinski definition) is 2. The highest BCUT2D eigenvalue weighted by molar-refractivity contribution is 7.91. The number of hydrogen-bond acceptors (Lipinski definition) is 5. The fourth-order valence-electron chi connectivity index (χ4n) is 2.20. The predicted molar refractivity (Wildman–Crippen MR) is 66.9 cm³/mol. The van der Waals surface area contributed by atoms with Crippen LogP contribution in [0.1, 0.15) is 29.4 Å². The second-order valence-corrected chi connectivity index (χ2v) is 6.91.